The summed E-state index contributed by atoms with van der Waals surface area (Å²) in [6.07, 6.45) is 5.10. The Labute approximate surface area is 62.3 Å². The van der Waals surface area contributed by atoms with Crippen molar-refractivity contribution in [1.29, 1.82) is 0 Å². The molecule has 1 rings (SSSR count). The summed E-state index contributed by atoms with van der Waals surface area (Å²) < 4.78 is 0. The molecule has 0 radical (unpaired) electrons. The molecular formula is C8H15NO. The van der Waals surface area contributed by atoms with Gasteiger partial charge >= 0.3 is 0 Å². The largest absolute Gasteiger partial charge is 0.392 e. The zero-order valence-electron chi connectivity index (χ0n) is 6.76. The first-order valence-electron chi connectivity index (χ1n) is 4.02. The lowest BCUT2D eigenvalue weighted by atomic mass is 10.1. The molecule has 0 saturated heterocycles. The number of hydrogen-bond donors (Lipinski definition) is 0. The fourth-order valence-electron chi connectivity index (χ4n) is 1.16. The van der Waals surface area contributed by atoms with E-state index in [0.29, 0.717) is 6.10 Å². The second kappa shape index (κ2) is 3.59. The lowest BCUT2D eigenvalue weighted by molar-refractivity contribution is 0.0774. The molecule has 58 valence electrons. The predicted octanol–water partition coefficient (Wildman–Crippen LogP) is 2.34. The van der Waals surface area contributed by atoms with Gasteiger partial charge in [-0.2, -0.15) is 0 Å². The summed E-state index contributed by atoms with van der Waals surface area (Å²) in [6, 6.07) is 0. The van der Waals surface area contributed by atoms with Crippen LogP contribution in [-0.4, -0.2) is 11.8 Å². The minimum atomic E-state index is 0.389. The Kier molecular flexibility index (Phi) is 2.72. The standard InChI is InChI=1S/C8H15NO/c1-3-4-5-8-6-7(2)9-10-8/h8H,3-6H2,1-2H3. The fraction of sp³-hybridized carbons (Fsp3) is 0.875. The van der Waals surface area contributed by atoms with E-state index in [0.717, 1.165) is 18.6 Å². The van der Waals surface area contributed by atoms with Gasteiger partial charge in [-0.25, -0.2) is 0 Å². The average molecular weight is 141 g/mol. The van der Waals surface area contributed by atoms with Crippen LogP contribution in [0.15, 0.2) is 5.16 Å². The molecule has 10 heavy (non-hydrogen) atoms. The Morgan fingerprint density at radius 3 is 3.00 bits per heavy atom. The van der Waals surface area contributed by atoms with Gasteiger partial charge in [-0.05, 0) is 19.8 Å². The molecule has 1 atom stereocenters. The molecular weight excluding hydrogens is 126 g/mol. The maximum absolute atomic E-state index is 5.16. The highest BCUT2D eigenvalue weighted by atomic mass is 16.6. The molecule has 0 aliphatic carbocycles. The van der Waals surface area contributed by atoms with Gasteiger partial charge in [0.15, 0.2) is 0 Å². The highest BCUT2D eigenvalue weighted by Gasteiger charge is 2.16. The molecule has 2 nitrogen and oxygen atoms in total. The van der Waals surface area contributed by atoms with Crippen LogP contribution in [0.5, 0.6) is 0 Å². The summed E-state index contributed by atoms with van der Waals surface area (Å²) in [5, 5.41) is 3.89. The number of unbranched alkanes of at least 4 members (excludes halogenated alkanes) is 1. The zero-order valence-corrected chi connectivity index (χ0v) is 6.76. The molecule has 0 bridgehead atoms. The molecule has 0 aromatic carbocycles. The van der Waals surface area contributed by atoms with Crippen LogP contribution in [0.3, 0.4) is 0 Å². The van der Waals surface area contributed by atoms with Gasteiger partial charge in [-0.1, -0.05) is 18.5 Å². The van der Waals surface area contributed by atoms with Crippen molar-refractivity contribution >= 4 is 5.71 Å². The first-order valence-corrected chi connectivity index (χ1v) is 4.02. The topological polar surface area (TPSA) is 21.6 Å². The monoisotopic (exact) mass is 141 g/mol. The van der Waals surface area contributed by atoms with Gasteiger partial charge in [0.25, 0.3) is 0 Å². The van der Waals surface area contributed by atoms with Crippen molar-refractivity contribution < 1.29 is 4.84 Å². The summed E-state index contributed by atoms with van der Waals surface area (Å²) >= 11 is 0. The van der Waals surface area contributed by atoms with E-state index in [1.807, 2.05) is 6.92 Å². The molecule has 2 heteroatoms. The third kappa shape index (κ3) is 2.01. The summed E-state index contributed by atoms with van der Waals surface area (Å²) in [6.45, 7) is 4.22. The Bertz CT molecular complexity index is 131. The smallest absolute Gasteiger partial charge is 0.132 e. The average Bonchev–Trinajstić information content (AvgIpc) is 2.31. The molecule has 0 spiro atoms. The third-order valence-electron chi connectivity index (χ3n) is 1.76. The van der Waals surface area contributed by atoms with Crippen molar-refractivity contribution in [1.82, 2.24) is 0 Å². The molecule has 1 aliphatic heterocycles. The van der Waals surface area contributed by atoms with Crippen LogP contribution in [0.4, 0.5) is 0 Å². The SMILES string of the molecule is CCCCC1CC(C)=NO1. The molecule has 1 unspecified atom stereocenters. The van der Waals surface area contributed by atoms with Gasteiger partial charge in [0, 0.05) is 6.42 Å². The van der Waals surface area contributed by atoms with Crippen molar-refractivity contribution in [3.05, 3.63) is 0 Å². The molecule has 0 saturated carbocycles. The summed E-state index contributed by atoms with van der Waals surface area (Å²) in [5.41, 5.74) is 1.14. The first-order chi connectivity index (χ1) is 4.83. The zero-order chi connectivity index (χ0) is 7.40. The van der Waals surface area contributed by atoms with E-state index < -0.39 is 0 Å². The van der Waals surface area contributed by atoms with Gasteiger partial charge in [0.2, 0.25) is 0 Å². The normalized spacial score (nSPS) is 24.2. The Balaban J connectivity index is 2.11. The molecule has 0 aromatic heterocycles. The quantitative estimate of drug-likeness (QED) is 0.591. The number of rotatable bonds is 3. The molecule has 0 N–H and O–H groups in total. The van der Waals surface area contributed by atoms with Gasteiger partial charge in [-0.15, -0.1) is 0 Å². The number of nitrogens with zero attached hydrogens (tertiary/aromatic N) is 1. The lowest BCUT2D eigenvalue weighted by Gasteiger charge is -2.04. The highest BCUT2D eigenvalue weighted by Crippen LogP contribution is 2.15. The van der Waals surface area contributed by atoms with Gasteiger partial charge in [0.05, 0.1) is 5.71 Å². The van der Waals surface area contributed by atoms with E-state index in [1.165, 1.54) is 12.8 Å². The molecule has 0 aromatic rings. The fourth-order valence-corrected chi connectivity index (χ4v) is 1.16. The summed E-state index contributed by atoms with van der Waals surface area (Å²) in [7, 11) is 0. The van der Waals surface area contributed by atoms with Crippen molar-refractivity contribution in [3.8, 4) is 0 Å². The van der Waals surface area contributed by atoms with Crippen LogP contribution in [-0.2, 0) is 4.84 Å². The van der Waals surface area contributed by atoms with Crippen molar-refractivity contribution in [2.24, 2.45) is 5.16 Å². The van der Waals surface area contributed by atoms with Crippen LogP contribution < -0.4 is 0 Å². The molecule has 0 amide bonds. The van der Waals surface area contributed by atoms with Crippen molar-refractivity contribution in [3.63, 3.8) is 0 Å². The van der Waals surface area contributed by atoms with Crippen LogP contribution >= 0.6 is 0 Å². The van der Waals surface area contributed by atoms with Crippen LogP contribution in [0.25, 0.3) is 0 Å². The van der Waals surface area contributed by atoms with Crippen molar-refractivity contribution in [2.75, 3.05) is 0 Å². The summed E-state index contributed by atoms with van der Waals surface area (Å²) in [5.74, 6) is 0. The minimum absolute atomic E-state index is 0.389. The molecule has 0 fully saturated rings. The minimum Gasteiger partial charge on any atom is -0.392 e. The van der Waals surface area contributed by atoms with Crippen LogP contribution in [0.2, 0.25) is 0 Å². The molecule has 1 aliphatic rings. The number of hydrogen-bond acceptors (Lipinski definition) is 2. The van der Waals surface area contributed by atoms with Gasteiger partial charge < -0.3 is 4.84 Å². The highest BCUT2D eigenvalue weighted by molar-refractivity contribution is 5.82. The first kappa shape index (κ1) is 7.58. The van der Waals surface area contributed by atoms with E-state index in [4.69, 9.17) is 4.84 Å². The summed E-state index contributed by atoms with van der Waals surface area (Å²) in [4.78, 5) is 5.16. The van der Waals surface area contributed by atoms with Crippen molar-refractivity contribution in [2.45, 2.75) is 45.6 Å². The Morgan fingerprint density at radius 2 is 2.50 bits per heavy atom. The van der Waals surface area contributed by atoms with Gasteiger partial charge in [0.1, 0.15) is 6.10 Å². The van der Waals surface area contributed by atoms with E-state index in [9.17, 15) is 0 Å². The van der Waals surface area contributed by atoms with E-state index in [-0.39, 0.29) is 0 Å². The predicted molar refractivity (Wildman–Crippen MR) is 42.1 cm³/mol. The lowest BCUT2D eigenvalue weighted by Crippen LogP contribution is -2.05. The van der Waals surface area contributed by atoms with E-state index >= 15 is 0 Å². The Morgan fingerprint density at radius 1 is 1.70 bits per heavy atom. The Hall–Kier alpha value is -0.530. The van der Waals surface area contributed by atoms with E-state index in [1.54, 1.807) is 0 Å². The molecule has 1 heterocycles. The van der Waals surface area contributed by atoms with E-state index in [2.05, 4.69) is 12.1 Å². The maximum atomic E-state index is 5.16. The maximum Gasteiger partial charge on any atom is 0.132 e. The van der Waals surface area contributed by atoms with Gasteiger partial charge in [-0.3, -0.25) is 0 Å². The van der Waals surface area contributed by atoms with Crippen LogP contribution in [0.1, 0.15) is 39.5 Å². The second-order valence-corrected chi connectivity index (χ2v) is 2.90. The van der Waals surface area contributed by atoms with Crippen LogP contribution in [0, 0.1) is 0 Å². The number of oxime groups is 1. The third-order valence-corrected chi connectivity index (χ3v) is 1.76. The second-order valence-electron chi connectivity index (χ2n) is 2.90.